The minimum Gasteiger partial charge on any atom is -0.345 e. The Hall–Kier alpha value is -3.29. The first-order valence-electron chi connectivity index (χ1n) is 15.2. The normalized spacial score (nSPS) is 19.6. The molecule has 0 saturated heterocycles. The van der Waals surface area contributed by atoms with E-state index in [1.807, 2.05) is 41.9 Å². The van der Waals surface area contributed by atoms with Crippen molar-refractivity contribution in [3.8, 4) is 0 Å². The van der Waals surface area contributed by atoms with E-state index in [1.165, 1.54) is 6.42 Å². The van der Waals surface area contributed by atoms with E-state index in [-0.39, 0.29) is 30.3 Å². The molecule has 2 saturated carbocycles. The van der Waals surface area contributed by atoms with Gasteiger partial charge < -0.3 is 15.2 Å². The molecule has 8 nitrogen and oxygen atoms in total. The monoisotopic (exact) mass is 563 g/mol. The van der Waals surface area contributed by atoms with Gasteiger partial charge in [0.15, 0.2) is 5.78 Å². The van der Waals surface area contributed by atoms with Gasteiger partial charge in [0, 0.05) is 48.2 Å². The third kappa shape index (κ3) is 7.92. The van der Waals surface area contributed by atoms with Gasteiger partial charge in [-0.1, -0.05) is 50.3 Å². The van der Waals surface area contributed by atoms with Crippen LogP contribution in [0.3, 0.4) is 0 Å². The Morgan fingerprint density at radius 1 is 0.976 bits per heavy atom. The van der Waals surface area contributed by atoms with Crippen LogP contribution in [0.5, 0.6) is 0 Å². The number of carbonyl (C=O) groups excluding carboxylic acids is 5. The van der Waals surface area contributed by atoms with Crippen LogP contribution in [0, 0.1) is 17.8 Å². The average Bonchev–Trinajstić information content (AvgIpc) is 3.49. The van der Waals surface area contributed by atoms with Crippen LogP contribution in [-0.2, 0) is 26.2 Å². The fourth-order valence-corrected chi connectivity index (χ4v) is 6.50. The highest BCUT2D eigenvalue weighted by atomic mass is 16.2. The van der Waals surface area contributed by atoms with Gasteiger partial charge >= 0.3 is 0 Å². The first-order chi connectivity index (χ1) is 19.4. The minimum atomic E-state index is -1.11. The third-order valence-electron chi connectivity index (χ3n) is 8.68. The second-order valence-electron chi connectivity index (χ2n) is 13.1. The maximum absolute atomic E-state index is 13.9. The SMILES string of the molecule is Cn1c(C(=O)C[C@@H](CC2CCCCC2)C(=O)N[C@@H](C[C@@H]2CCCC2=O)C(=O)C(=O)NC(C)(C)C)cc2ccccc21. The van der Waals surface area contributed by atoms with E-state index in [1.54, 1.807) is 20.8 Å². The number of Topliss-reactive ketones (excluding diaryl/α,β-unsaturated/α-hetero) is 3. The number of benzene rings is 1. The molecule has 41 heavy (non-hydrogen) atoms. The van der Waals surface area contributed by atoms with Crippen LogP contribution in [0.15, 0.2) is 30.3 Å². The summed E-state index contributed by atoms with van der Waals surface area (Å²) in [6.07, 6.45) is 7.94. The van der Waals surface area contributed by atoms with E-state index in [4.69, 9.17) is 0 Å². The van der Waals surface area contributed by atoms with Crippen molar-refractivity contribution >= 4 is 40.1 Å². The summed E-state index contributed by atoms with van der Waals surface area (Å²) in [6.45, 7) is 5.35. The maximum Gasteiger partial charge on any atom is 0.290 e. The second kappa shape index (κ2) is 13.1. The first-order valence-corrected chi connectivity index (χ1v) is 15.2. The summed E-state index contributed by atoms with van der Waals surface area (Å²) in [5.74, 6) is -2.64. The highest BCUT2D eigenvalue weighted by Gasteiger charge is 2.37. The average molecular weight is 564 g/mol. The fourth-order valence-electron chi connectivity index (χ4n) is 6.50. The molecule has 1 heterocycles. The quantitative estimate of drug-likeness (QED) is 0.293. The topological polar surface area (TPSA) is 114 Å². The van der Waals surface area contributed by atoms with Crippen LogP contribution in [0.2, 0.25) is 0 Å². The highest BCUT2D eigenvalue weighted by Crippen LogP contribution is 2.32. The number of nitrogens with one attached hydrogen (secondary N) is 2. The van der Waals surface area contributed by atoms with Gasteiger partial charge in [-0.15, -0.1) is 0 Å². The van der Waals surface area contributed by atoms with Gasteiger partial charge in [0.25, 0.3) is 5.91 Å². The third-order valence-corrected chi connectivity index (χ3v) is 8.68. The van der Waals surface area contributed by atoms with Gasteiger partial charge in [-0.2, -0.15) is 0 Å². The molecule has 2 aromatic rings. The molecule has 1 aromatic heterocycles. The Kier molecular flexibility index (Phi) is 9.82. The summed E-state index contributed by atoms with van der Waals surface area (Å²) in [5, 5.41) is 6.51. The number of amides is 2. The largest absolute Gasteiger partial charge is 0.345 e. The molecule has 0 unspecified atom stereocenters. The van der Waals surface area contributed by atoms with Crippen LogP contribution in [0.1, 0.15) is 102 Å². The van der Waals surface area contributed by atoms with Gasteiger partial charge in [-0.05, 0) is 64.5 Å². The van der Waals surface area contributed by atoms with Gasteiger partial charge in [-0.25, -0.2) is 0 Å². The molecule has 2 aliphatic carbocycles. The van der Waals surface area contributed by atoms with E-state index in [9.17, 15) is 24.0 Å². The van der Waals surface area contributed by atoms with Crippen LogP contribution >= 0.6 is 0 Å². The van der Waals surface area contributed by atoms with Crippen molar-refractivity contribution in [2.75, 3.05) is 0 Å². The van der Waals surface area contributed by atoms with Crippen LogP contribution in [0.25, 0.3) is 10.9 Å². The van der Waals surface area contributed by atoms with Crippen molar-refractivity contribution in [1.82, 2.24) is 15.2 Å². The number of rotatable bonds is 11. The molecular formula is C33H45N3O5. The summed E-state index contributed by atoms with van der Waals surface area (Å²) in [6, 6.07) is 8.53. The van der Waals surface area contributed by atoms with E-state index < -0.39 is 35.1 Å². The van der Waals surface area contributed by atoms with Crippen LogP contribution < -0.4 is 10.6 Å². The van der Waals surface area contributed by atoms with Crippen molar-refractivity contribution in [2.45, 2.75) is 103 Å². The van der Waals surface area contributed by atoms with Crippen LogP contribution in [0.4, 0.5) is 0 Å². The van der Waals surface area contributed by atoms with E-state index >= 15 is 0 Å². The van der Waals surface area contributed by atoms with E-state index in [0.717, 1.165) is 43.0 Å². The lowest BCUT2D eigenvalue weighted by Gasteiger charge is -2.28. The molecular weight excluding hydrogens is 518 g/mol. The summed E-state index contributed by atoms with van der Waals surface area (Å²) < 4.78 is 1.86. The smallest absolute Gasteiger partial charge is 0.290 e. The second-order valence-corrected chi connectivity index (χ2v) is 13.1. The molecule has 0 spiro atoms. The molecule has 3 atom stereocenters. The van der Waals surface area contributed by atoms with Gasteiger partial charge in [0.1, 0.15) is 5.78 Å². The highest BCUT2D eigenvalue weighted by molar-refractivity contribution is 6.38. The van der Waals surface area contributed by atoms with Crippen molar-refractivity contribution in [3.05, 3.63) is 36.0 Å². The number of aromatic nitrogens is 1. The molecule has 8 heteroatoms. The standard InChI is InChI=1S/C33H45N3O5/c1-33(2,3)35-32(41)30(39)25(18-23-14-10-16-28(23)37)34-31(40)24(17-21-11-6-5-7-12-21)20-29(38)27-19-22-13-8-9-15-26(22)36(27)4/h8-9,13,15,19,21,23-25H,5-7,10-12,14,16-18,20H2,1-4H3,(H,34,40)(H,35,41)/t23-,24+,25-/m0/s1. The molecule has 2 fully saturated rings. The lowest BCUT2D eigenvalue weighted by molar-refractivity contribution is -0.141. The van der Waals surface area contributed by atoms with Crippen LogP contribution in [-0.4, -0.2) is 45.3 Å². The molecule has 2 N–H and O–H groups in total. The van der Waals surface area contributed by atoms with Gasteiger partial charge in [-0.3, -0.25) is 24.0 Å². The summed E-state index contributed by atoms with van der Waals surface area (Å²) in [7, 11) is 1.85. The van der Waals surface area contributed by atoms with Gasteiger partial charge in [0.2, 0.25) is 11.7 Å². The molecule has 0 bridgehead atoms. The predicted molar refractivity (Wildman–Crippen MR) is 158 cm³/mol. The first kappa shape index (κ1) is 30.7. The van der Waals surface area contributed by atoms with Gasteiger partial charge in [0.05, 0.1) is 11.7 Å². The molecule has 4 rings (SSSR count). The van der Waals surface area contributed by atoms with Crippen molar-refractivity contribution in [3.63, 3.8) is 0 Å². The Morgan fingerprint density at radius 3 is 2.32 bits per heavy atom. The Morgan fingerprint density at radius 2 is 1.68 bits per heavy atom. The lowest BCUT2D eigenvalue weighted by atomic mass is 9.80. The maximum atomic E-state index is 13.9. The summed E-state index contributed by atoms with van der Waals surface area (Å²) >= 11 is 0. The number of ketones is 3. The molecule has 0 radical (unpaired) electrons. The zero-order valence-electron chi connectivity index (χ0n) is 25.0. The number of hydrogen-bond acceptors (Lipinski definition) is 5. The Bertz CT molecular complexity index is 1300. The van der Waals surface area contributed by atoms with Crippen molar-refractivity contribution in [1.29, 1.82) is 0 Å². The predicted octanol–water partition coefficient (Wildman–Crippen LogP) is 5.07. The number of aryl methyl sites for hydroxylation is 1. The molecule has 2 aliphatic rings. The fraction of sp³-hybridized carbons (Fsp3) is 0.606. The lowest BCUT2D eigenvalue weighted by Crippen LogP contribution is -2.53. The molecule has 222 valence electrons. The zero-order valence-corrected chi connectivity index (χ0v) is 25.0. The Balaban J connectivity index is 1.56. The van der Waals surface area contributed by atoms with Crippen molar-refractivity contribution < 1.29 is 24.0 Å². The number of hydrogen-bond donors (Lipinski definition) is 2. The number of nitrogens with zero attached hydrogens (tertiary/aromatic N) is 1. The minimum absolute atomic E-state index is 0.0178. The zero-order chi connectivity index (χ0) is 29.7. The molecule has 1 aromatic carbocycles. The summed E-state index contributed by atoms with van der Waals surface area (Å²) in [5.41, 5.74) is 0.862. The van der Waals surface area contributed by atoms with E-state index in [0.29, 0.717) is 30.9 Å². The number of para-hydroxylation sites is 1. The van der Waals surface area contributed by atoms with E-state index in [2.05, 4.69) is 10.6 Å². The number of fused-ring (bicyclic) bond motifs is 1. The number of carbonyl (C=O) groups is 5. The molecule has 0 aliphatic heterocycles. The van der Waals surface area contributed by atoms with Crippen molar-refractivity contribution in [2.24, 2.45) is 24.8 Å². The molecule has 2 amide bonds. The Labute approximate surface area is 243 Å². The summed E-state index contributed by atoms with van der Waals surface area (Å²) in [4.78, 5) is 66.1.